The molecule has 0 unspecified atom stereocenters. The monoisotopic (exact) mass is 251 g/mol. The van der Waals surface area contributed by atoms with Gasteiger partial charge in [-0.3, -0.25) is 4.79 Å². The molecule has 1 amide bonds. The van der Waals surface area contributed by atoms with Gasteiger partial charge in [0.25, 0.3) is 0 Å². The molecule has 0 bridgehead atoms. The van der Waals surface area contributed by atoms with Gasteiger partial charge >= 0.3 is 0 Å². The van der Waals surface area contributed by atoms with Crippen LogP contribution in [0.5, 0.6) is 0 Å². The van der Waals surface area contributed by atoms with Gasteiger partial charge in [0.15, 0.2) is 0 Å². The Bertz CT molecular complexity index is 415. The molecule has 0 saturated heterocycles. The Morgan fingerprint density at radius 1 is 1.57 bits per heavy atom. The van der Waals surface area contributed by atoms with Crippen molar-refractivity contribution >= 4 is 21.8 Å². The molecule has 0 aromatic heterocycles. The average Bonchev–Trinajstić information content (AvgIpc) is 2.08. The number of aryl methyl sites for hydroxylation is 1. The first-order valence-electron chi connectivity index (χ1n) is 4.13. The lowest BCUT2D eigenvalue weighted by atomic mass is 10.1. The van der Waals surface area contributed by atoms with Crippen LogP contribution < -0.4 is 5.73 Å². The zero-order valence-corrected chi connectivity index (χ0v) is 9.39. The molecule has 0 aliphatic rings. The Balaban J connectivity index is 2.85. The van der Waals surface area contributed by atoms with E-state index in [9.17, 15) is 4.79 Å². The Kier molecular flexibility index (Phi) is 3.73. The largest absolute Gasteiger partial charge is 0.369 e. The quantitative estimate of drug-likeness (QED) is 0.763. The summed E-state index contributed by atoms with van der Waals surface area (Å²) in [5.74, 6) is 5.18. The highest BCUT2D eigenvalue weighted by molar-refractivity contribution is 9.10. The average molecular weight is 252 g/mol. The van der Waals surface area contributed by atoms with Crippen LogP contribution in [0.15, 0.2) is 22.7 Å². The third-order valence-electron chi connectivity index (χ3n) is 1.61. The number of hydrogen-bond donors (Lipinski definition) is 1. The highest BCUT2D eigenvalue weighted by Gasteiger charge is 1.95. The van der Waals surface area contributed by atoms with Crippen molar-refractivity contribution in [1.29, 1.82) is 0 Å². The Morgan fingerprint density at radius 2 is 2.29 bits per heavy atom. The zero-order chi connectivity index (χ0) is 10.6. The second-order valence-corrected chi connectivity index (χ2v) is 3.78. The van der Waals surface area contributed by atoms with Crippen LogP contribution in [-0.4, -0.2) is 5.91 Å². The summed E-state index contributed by atoms with van der Waals surface area (Å²) in [6.45, 7) is 2.01. The van der Waals surface area contributed by atoms with E-state index in [1.807, 2.05) is 25.1 Å². The maximum Gasteiger partial charge on any atom is 0.229 e. The van der Waals surface area contributed by atoms with Crippen LogP contribution in [0, 0.1) is 18.8 Å². The fraction of sp³-hybridized carbons (Fsp3) is 0.182. The van der Waals surface area contributed by atoms with Gasteiger partial charge in [0.1, 0.15) is 0 Å². The Labute approximate surface area is 91.6 Å². The fourth-order valence-corrected chi connectivity index (χ4v) is 1.54. The maximum absolute atomic E-state index is 10.4. The SMILES string of the molecule is Cc1ccc(C#CCC(N)=O)c(Br)c1. The lowest BCUT2D eigenvalue weighted by Gasteiger charge is -1.96. The van der Waals surface area contributed by atoms with E-state index in [1.165, 1.54) is 0 Å². The summed E-state index contributed by atoms with van der Waals surface area (Å²) in [6, 6.07) is 5.86. The number of nitrogens with two attached hydrogens (primary N) is 1. The Hall–Kier alpha value is -1.27. The normalized spacial score (nSPS) is 9.00. The van der Waals surface area contributed by atoms with Crippen LogP contribution in [0.3, 0.4) is 0 Å². The molecule has 0 fully saturated rings. The molecule has 2 N–H and O–H groups in total. The number of amides is 1. The summed E-state index contributed by atoms with van der Waals surface area (Å²) in [6.07, 6.45) is 0.0975. The van der Waals surface area contributed by atoms with Gasteiger partial charge in [0.2, 0.25) is 5.91 Å². The second kappa shape index (κ2) is 4.83. The smallest absolute Gasteiger partial charge is 0.229 e. The molecule has 0 atom stereocenters. The van der Waals surface area contributed by atoms with Crippen LogP contribution in [0.25, 0.3) is 0 Å². The maximum atomic E-state index is 10.4. The summed E-state index contributed by atoms with van der Waals surface area (Å²) in [7, 11) is 0. The summed E-state index contributed by atoms with van der Waals surface area (Å²) in [5.41, 5.74) is 7.00. The molecule has 1 rings (SSSR count). The van der Waals surface area contributed by atoms with Crippen LogP contribution in [-0.2, 0) is 4.79 Å². The van der Waals surface area contributed by atoms with Crippen molar-refractivity contribution in [2.24, 2.45) is 5.73 Å². The zero-order valence-electron chi connectivity index (χ0n) is 7.80. The lowest BCUT2D eigenvalue weighted by Crippen LogP contribution is -2.08. The van der Waals surface area contributed by atoms with Crippen LogP contribution >= 0.6 is 15.9 Å². The third-order valence-corrected chi connectivity index (χ3v) is 2.27. The molecule has 0 aliphatic heterocycles. The van der Waals surface area contributed by atoms with Crippen molar-refractivity contribution in [3.63, 3.8) is 0 Å². The molecule has 0 saturated carbocycles. The highest BCUT2D eigenvalue weighted by atomic mass is 79.9. The Morgan fingerprint density at radius 3 is 2.86 bits per heavy atom. The molecule has 1 aromatic carbocycles. The predicted octanol–water partition coefficient (Wildman–Crippen LogP) is 1.98. The summed E-state index contributed by atoms with van der Waals surface area (Å²) >= 11 is 3.40. The predicted molar refractivity (Wildman–Crippen MR) is 59.6 cm³/mol. The topological polar surface area (TPSA) is 43.1 Å². The van der Waals surface area contributed by atoms with E-state index < -0.39 is 5.91 Å². The van der Waals surface area contributed by atoms with Crippen molar-refractivity contribution in [2.45, 2.75) is 13.3 Å². The minimum atomic E-state index is -0.402. The van der Waals surface area contributed by atoms with Crippen LogP contribution in [0.4, 0.5) is 0 Å². The summed E-state index contributed by atoms with van der Waals surface area (Å²) in [4.78, 5) is 10.4. The van der Waals surface area contributed by atoms with Gasteiger partial charge < -0.3 is 5.73 Å². The van der Waals surface area contributed by atoms with Gasteiger partial charge in [-0.05, 0) is 40.5 Å². The van der Waals surface area contributed by atoms with E-state index in [0.717, 1.165) is 15.6 Å². The molecular formula is C11H10BrNO. The van der Waals surface area contributed by atoms with Gasteiger partial charge in [-0.25, -0.2) is 0 Å². The van der Waals surface area contributed by atoms with E-state index in [4.69, 9.17) is 5.73 Å². The number of primary amides is 1. The van der Waals surface area contributed by atoms with E-state index in [1.54, 1.807) is 0 Å². The van der Waals surface area contributed by atoms with Gasteiger partial charge in [-0.2, -0.15) is 0 Å². The highest BCUT2D eigenvalue weighted by Crippen LogP contribution is 2.16. The second-order valence-electron chi connectivity index (χ2n) is 2.93. The summed E-state index contributed by atoms with van der Waals surface area (Å²) < 4.78 is 0.939. The van der Waals surface area contributed by atoms with Crippen molar-refractivity contribution in [3.05, 3.63) is 33.8 Å². The molecule has 1 aromatic rings. The molecule has 14 heavy (non-hydrogen) atoms. The van der Waals surface area contributed by atoms with E-state index >= 15 is 0 Å². The van der Waals surface area contributed by atoms with Gasteiger partial charge in [-0.1, -0.05) is 17.9 Å². The molecule has 0 heterocycles. The molecule has 72 valence electrons. The molecule has 3 heteroatoms. The van der Waals surface area contributed by atoms with Gasteiger partial charge in [-0.15, -0.1) is 0 Å². The van der Waals surface area contributed by atoms with Crippen LogP contribution in [0.1, 0.15) is 17.5 Å². The minimum absolute atomic E-state index is 0.0975. The van der Waals surface area contributed by atoms with Crippen molar-refractivity contribution in [1.82, 2.24) is 0 Å². The van der Waals surface area contributed by atoms with Gasteiger partial charge in [0.05, 0.1) is 6.42 Å². The number of rotatable bonds is 1. The van der Waals surface area contributed by atoms with Crippen LogP contribution in [0.2, 0.25) is 0 Å². The first kappa shape index (κ1) is 10.8. The minimum Gasteiger partial charge on any atom is -0.369 e. The number of benzene rings is 1. The van der Waals surface area contributed by atoms with Crippen molar-refractivity contribution in [2.75, 3.05) is 0 Å². The standard InChI is InChI=1S/C11H10BrNO/c1-8-5-6-9(10(12)7-8)3-2-4-11(13)14/h5-7H,4H2,1H3,(H2,13,14). The van der Waals surface area contributed by atoms with Gasteiger partial charge in [0, 0.05) is 10.0 Å². The first-order chi connectivity index (χ1) is 6.59. The lowest BCUT2D eigenvalue weighted by molar-refractivity contribution is -0.117. The molecular weight excluding hydrogens is 242 g/mol. The first-order valence-corrected chi connectivity index (χ1v) is 4.92. The number of hydrogen-bond acceptors (Lipinski definition) is 1. The van der Waals surface area contributed by atoms with Crippen molar-refractivity contribution < 1.29 is 4.79 Å². The molecule has 0 radical (unpaired) electrons. The number of carbonyl (C=O) groups is 1. The third kappa shape index (κ3) is 3.23. The summed E-state index contributed by atoms with van der Waals surface area (Å²) in [5, 5.41) is 0. The fourth-order valence-electron chi connectivity index (χ4n) is 0.948. The van der Waals surface area contributed by atoms with Crippen molar-refractivity contribution in [3.8, 4) is 11.8 Å². The van der Waals surface area contributed by atoms with E-state index in [0.29, 0.717) is 0 Å². The molecule has 0 spiro atoms. The van der Waals surface area contributed by atoms with E-state index in [2.05, 4.69) is 27.8 Å². The number of halogens is 1. The number of carbonyl (C=O) groups excluding carboxylic acids is 1. The van der Waals surface area contributed by atoms with E-state index in [-0.39, 0.29) is 6.42 Å². The molecule has 2 nitrogen and oxygen atoms in total. The molecule has 0 aliphatic carbocycles.